The summed E-state index contributed by atoms with van der Waals surface area (Å²) in [5.41, 5.74) is 1.78. The maximum Gasteiger partial charge on any atom is 0.160 e. The SMILES string of the molecule is Cc1cc(CNc2ccc(F)c(F)c2)c(C)s1. The van der Waals surface area contributed by atoms with Gasteiger partial charge in [0, 0.05) is 28.1 Å². The highest BCUT2D eigenvalue weighted by Gasteiger charge is 2.04. The summed E-state index contributed by atoms with van der Waals surface area (Å²) < 4.78 is 25.7. The zero-order valence-electron chi connectivity index (χ0n) is 9.68. The van der Waals surface area contributed by atoms with Crippen LogP contribution < -0.4 is 5.32 Å². The van der Waals surface area contributed by atoms with Gasteiger partial charge in [-0.3, -0.25) is 0 Å². The molecule has 0 spiro atoms. The minimum absolute atomic E-state index is 0.590. The summed E-state index contributed by atoms with van der Waals surface area (Å²) in [5.74, 6) is -1.65. The van der Waals surface area contributed by atoms with Crippen LogP contribution in [-0.2, 0) is 6.54 Å². The first kappa shape index (κ1) is 12.0. The summed E-state index contributed by atoms with van der Waals surface area (Å²) in [6.45, 7) is 4.74. The maximum absolute atomic E-state index is 13.0. The highest BCUT2D eigenvalue weighted by molar-refractivity contribution is 7.12. The van der Waals surface area contributed by atoms with Crippen molar-refractivity contribution in [2.75, 3.05) is 5.32 Å². The number of anilines is 1. The third kappa shape index (κ3) is 2.82. The molecular formula is C13H13F2NS. The van der Waals surface area contributed by atoms with Crippen LogP contribution in [0.1, 0.15) is 15.3 Å². The minimum atomic E-state index is -0.826. The maximum atomic E-state index is 13.0. The fourth-order valence-corrected chi connectivity index (χ4v) is 2.61. The number of hydrogen-bond donors (Lipinski definition) is 1. The Balaban J connectivity index is 2.07. The number of rotatable bonds is 3. The molecule has 1 aromatic carbocycles. The second-order valence-electron chi connectivity index (χ2n) is 3.92. The lowest BCUT2D eigenvalue weighted by Crippen LogP contribution is -2.00. The summed E-state index contributed by atoms with van der Waals surface area (Å²) in [4.78, 5) is 2.50. The van der Waals surface area contributed by atoms with Crippen LogP contribution in [0.4, 0.5) is 14.5 Å². The molecule has 0 aliphatic carbocycles. The van der Waals surface area contributed by atoms with Gasteiger partial charge in [0.15, 0.2) is 11.6 Å². The topological polar surface area (TPSA) is 12.0 Å². The van der Waals surface area contributed by atoms with E-state index in [1.54, 1.807) is 11.3 Å². The predicted molar refractivity (Wildman–Crippen MR) is 67.5 cm³/mol. The number of benzene rings is 1. The highest BCUT2D eigenvalue weighted by Crippen LogP contribution is 2.22. The molecule has 1 N–H and O–H groups in total. The summed E-state index contributed by atoms with van der Waals surface area (Å²) in [5, 5.41) is 3.08. The van der Waals surface area contributed by atoms with Gasteiger partial charge >= 0.3 is 0 Å². The Morgan fingerprint density at radius 2 is 1.88 bits per heavy atom. The van der Waals surface area contributed by atoms with Gasteiger partial charge < -0.3 is 5.32 Å². The average molecular weight is 253 g/mol. The molecule has 2 rings (SSSR count). The molecule has 0 fully saturated rings. The van der Waals surface area contributed by atoms with Crippen molar-refractivity contribution >= 4 is 17.0 Å². The van der Waals surface area contributed by atoms with Crippen LogP contribution in [0.15, 0.2) is 24.3 Å². The molecular weight excluding hydrogens is 240 g/mol. The molecule has 0 amide bonds. The van der Waals surface area contributed by atoms with E-state index in [0.717, 1.165) is 6.07 Å². The van der Waals surface area contributed by atoms with Gasteiger partial charge in [0.05, 0.1) is 0 Å². The van der Waals surface area contributed by atoms with Crippen molar-refractivity contribution in [1.29, 1.82) is 0 Å². The molecule has 0 aliphatic rings. The van der Waals surface area contributed by atoms with Gasteiger partial charge in [0.25, 0.3) is 0 Å². The van der Waals surface area contributed by atoms with E-state index < -0.39 is 11.6 Å². The minimum Gasteiger partial charge on any atom is -0.381 e. The van der Waals surface area contributed by atoms with Crippen LogP contribution in [0.2, 0.25) is 0 Å². The van der Waals surface area contributed by atoms with Gasteiger partial charge in [-0.2, -0.15) is 0 Å². The van der Waals surface area contributed by atoms with Crippen LogP contribution in [-0.4, -0.2) is 0 Å². The zero-order chi connectivity index (χ0) is 12.4. The Bertz CT molecular complexity index is 534. The molecule has 0 bridgehead atoms. The van der Waals surface area contributed by atoms with Gasteiger partial charge in [0.1, 0.15) is 0 Å². The van der Waals surface area contributed by atoms with E-state index in [9.17, 15) is 8.78 Å². The van der Waals surface area contributed by atoms with E-state index in [4.69, 9.17) is 0 Å². The molecule has 1 heterocycles. The van der Waals surface area contributed by atoms with E-state index in [2.05, 4.69) is 25.2 Å². The Morgan fingerprint density at radius 1 is 1.12 bits per heavy atom. The average Bonchev–Trinajstić information content (AvgIpc) is 2.59. The van der Waals surface area contributed by atoms with E-state index >= 15 is 0 Å². The van der Waals surface area contributed by atoms with E-state index in [1.807, 2.05) is 0 Å². The molecule has 0 saturated carbocycles. The van der Waals surface area contributed by atoms with Crippen molar-refractivity contribution in [3.63, 3.8) is 0 Å². The standard InChI is InChI=1S/C13H13F2NS/c1-8-5-10(9(2)17-8)7-16-11-3-4-12(14)13(15)6-11/h3-6,16H,7H2,1-2H3. The fraction of sp³-hybridized carbons (Fsp3) is 0.231. The first-order valence-electron chi connectivity index (χ1n) is 5.31. The van der Waals surface area contributed by atoms with Gasteiger partial charge in [-0.15, -0.1) is 11.3 Å². The predicted octanol–water partition coefficient (Wildman–Crippen LogP) is 4.26. The van der Waals surface area contributed by atoms with Crippen molar-refractivity contribution < 1.29 is 8.78 Å². The van der Waals surface area contributed by atoms with Crippen LogP contribution in [0, 0.1) is 25.5 Å². The molecule has 1 nitrogen and oxygen atoms in total. The molecule has 1 aromatic heterocycles. The largest absolute Gasteiger partial charge is 0.381 e. The smallest absolute Gasteiger partial charge is 0.160 e. The van der Waals surface area contributed by atoms with Gasteiger partial charge in [-0.05, 0) is 37.6 Å². The van der Waals surface area contributed by atoms with Crippen molar-refractivity contribution in [3.8, 4) is 0 Å². The number of aryl methyl sites for hydroxylation is 2. The Kier molecular flexibility index (Phi) is 3.43. The zero-order valence-corrected chi connectivity index (χ0v) is 10.5. The second kappa shape index (κ2) is 4.84. The third-order valence-electron chi connectivity index (χ3n) is 2.55. The van der Waals surface area contributed by atoms with Crippen molar-refractivity contribution in [3.05, 3.63) is 51.2 Å². The normalized spacial score (nSPS) is 10.6. The van der Waals surface area contributed by atoms with Gasteiger partial charge in [-0.25, -0.2) is 8.78 Å². The molecule has 4 heteroatoms. The molecule has 0 atom stereocenters. The molecule has 17 heavy (non-hydrogen) atoms. The Labute approximate surface area is 103 Å². The van der Waals surface area contributed by atoms with Crippen LogP contribution in [0.25, 0.3) is 0 Å². The van der Waals surface area contributed by atoms with E-state index in [0.29, 0.717) is 12.2 Å². The fourth-order valence-electron chi connectivity index (χ4n) is 1.66. The van der Waals surface area contributed by atoms with Crippen LogP contribution in [0.3, 0.4) is 0 Å². The third-order valence-corrected chi connectivity index (χ3v) is 3.55. The summed E-state index contributed by atoms with van der Waals surface area (Å²) in [6, 6.07) is 5.94. The van der Waals surface area contributed by atoms with E-state index in [1.165, 1.54) is 27.5 Å². The molecule has 90 valence electrons. The summed E-state index contributed by atoms with van der Waals surface area (Å²) in [6.07, 6.45) is 0. The number of halogens is 2. The first-order valence-corrected chi connectivity index (χ1v) is 6.13. The molecule has 2 aromatic rings. The van der Waals surface area contributed by atoms with E-state index in [-0.39, 0.29) is 0 Å². The summed E-state index contributed by atoms with van der Waals surface area (Å²) in [7, 11) is 0. The molecule has 0 saturated heterocycles. The van der Waals surface area contributed by atoms with Gasteiger partial charge in [0.2, 0.25) is 0 Å². The quantitative estimate of drug-likeness (QED) is 0.862. The van der Waals surface area contributed by atoms with Gasteiger partial charge in [-0.1, -0.05) is 0 Å². The number of hydrogen-bond acceptors (Lipinski definition) is 2. The van der Waals surface area contributed by atoms with Crippen molar-refractivity contribution in [2.45, 2.75) is 20.4 Å². The number of nitrogens with one attached hydrogen (secondary N) is 1. The molecule has 0 radical (unpaired) electrons. The Morgan fingerprint density at radius 3 is 2.47 bits per heavy atom. The number of thiophene rings is 1. The van der Waals surface area contributed by atoms with Crippen molar-refractivity contribution in [1.82, 2.24) is 0 Å². The monoisotopic (exact) mass is 253 g/mol. The molecule has 0 aliphatic heterocycles. The molecule has 0 unspecified atom stereocenters. The lowest BCUT2D eigenvalue weighted by molar-refractivity contribution is 0.509. The first-order chi connectivity index (χ1) is 8.06. The van der Waals surface area contributed by atoms with Crippen molar-refractivity contribution in [2.24, 2.45) is 0 Å². The lowest BCUT2D eigenvalue weighted by atomic mass is 10.2. The Hall–Kier alpha value is -1.42. The lowest BCUT2D eigenvalue weighted by Gasteiger charge is -2.06. The van der Waals surface area contributed by atoms with Crippen LogP contribution in [0.5, 0.6) is 0 Å². The highest BCUT2D eigenvalue weighted by atomic mass is 32.1. The summed E-state index contributed by atoms with van der Waals surface area (Å²) >= 11 is 1.74. The second-order valence-corrected chi connectivity index (χ2v) is 5.38. The van der Waals surface area contributed by atoms with Crippen LogP contribution >= 0.6 is 11.3 Å².